The first kappa shape index (κ1) is 14.9. The molecule has 5 heteroatoms. The molecule has 2 amide bonds. The summed E-state index contributed by atoms with van der Waals surface area (Å²) in [7, 11) is 0. The lowest BCUT2D eigenvalue weighted by molar-refractivity contribution is -0.126. The minimum absolute atomic E-state index is 0.0446. The van der Waals surface area contributed by atoms with Crippen LogP contribution >= 0.6 is 11.6 Å². The maximum atomic E-state index is 11.7. The van der Waals surface area contributed by atoms with E-state index in [0.29, 0.717) is 5.02 Å². The molecule has 20 heavy (non-hydrogen) atoms. The Bertz CT molecular complexity index is 467. The Balaban J connectivity index is 1.69. The van der Waals surface area contributed by atoms with Crippen LogP contribution in [0.5, 0.6) is 0 Å². The number of carbonyl (C=O) groups is 2. The zero-order valence-electron chi connectivity index (χ0n) is 11.3. The number of benzene rings is 1. The number of hydrogen-bond donors (Lipinski definition) is 2. The van der Waals surface area contributed by atoms with E-state index < -0.39 is 0 Å². The highest BCUT2D eigenvalue weighted by atomic mass is 35.5. The Morgan fingerprint density at radius 3 is 2.40 bits per heavy atom. The van der Waals surface area contributed by atoms with Crippen LogP contribution < -0.4 is 10.6 Å². The number of amides is 2. The molecule has 2 N–H and O–H groups in total. The number of hydrogen-bond acceptors (Lipinski definition) is 2. The van der Waals surface area contributed by atoms with Gasteiger partial charge in [-0.15, -0.1) is 0 Å². The highest BCUT2D eigenvalue weighted by molar-refractivity contribution is 6.30. The third-order valence-corrected chi connectivity index (χ3v) is 3.70. The minimum Gasteiger partial charge on any atom is -0.352 e. The molecule has 1 aliphatic carbocycles. The Morgan fingerprint density at radius 1 is 1.10 bits per heavy atom. The quantitative estimate of drug-likeness (QED) is 0.873. The van der Waals surface area contributed by atoms with E-state index in [9.17, 15) is 9.59 Å². The predicted octanol–water partition coefficient (Wildman–Crippen LogP) is 2.06. The second-order valence-corrected chi connectivity index (χ2v) is 5.57. The maximum absolute atomic E-state index is 11.7. The molecule has 1 aromatic carbocycles. The van der Waals surface area contributed by atoms with Crippen molar-refractivity contribution in [3.05, 3.63) is 34.9 Å². The van der Waals surface area contributed by atoms with Gasteiger partial charge in [-0.25, -0.2) is 0 Å². The molecule has 0 aliphatic heterocycles. The third-order valence-electron chi connectivity index (χ3n) is 3.44. The molecule has 0 radical (unpaired) electrons. The zero-order chi connectivity index (χ0) is 14.4. The first-order valence-electron chi connectivity index (χ1n) is 6.94. The van der Waals surface area contributed by atoms with Crippen LogP contribution in [0, 0.1) is 0 Å². The van der Waals surface area contributed by atoms with Crippen LogP contribution in [0.1, 0.15) is 31.2 Å². The van der Waals surface area contributed by atoms with E-state index >= 15 is 0 Å². The van der Waals surface area contributed by atoms with Crippen molar-refractivity contribution in [3.63, 3.8) is 0 Å². The van der Waals surface area contributed by atoms with Crippen LogP contribution in [-0.2, 0) is 16.0 Å². The third kappa shape index (κ3) is 4.85. The van der Waals surface area contributed by atoms with Crippen molar-refractivity contribution < 1.29 is 9.59 Å². The van der Waals surface area contributed by atoms with Crippen LogP contribution in [0.2, 0.25) is 5.02 Å². The topological polar surface area (TPSA) is 58.2 Å². The Morgan fingerprint density at radius 2 is 1.75 bits per heavy atom. The van der Waals surface area contributed by atoms with E-state index in [4.69, 9.17) is 11.6 Å². The first-order valence-corrected chi connectivity index (χ1v) is 7.32. The molecule has 0 saturated heterocycles. The summed E-state index contributed by atoms with van der Waals surface area (Å²) in [5, 5.41) is 6.21. The van der Waals surface area contributed by atoms with Crippen molar-refractivity contribution in [2.24, 2.45) is 0 Å². The fourth-order valence-corrected chi connectivity index (χ4v) is 2.50. The van der Waals surface area contributed by atoms with Gasteiger partial charge in [0.25, 0.3) is 0 Å². The molecule has 0 bridgehead atoms. The highest BCUT2D eigenvalue weighted by Gasteiger charge is 2.17. The number of nitrogens with one attached hydrogen (secondary N) is 2. The molecule has 1 saturated carbocycles. The smallest absolute Gasteiger partial charge is 0.239 e. The molecular weight excluding hydrogens is 276 g/mol. The van der Waals surface area contributed by atoms with Crippen LogP contribution in [-0.4, -0.2) is 24.4 Å². The van der Waals surface area contributed by atoms with Crippen LogP contribution in [0.4, 0.5) is 0 Å². The Hall–Kier alpha value is -1.55. The van der Waals surface area contributed by atoms with Crippen molar-refractivity contribution in [2.45, 2.75) is 38.1 Å². The van der Waals surface area contributed by atoms with Crippen LogP contribution in [0.3, 0.4) is 0 Å². The molecule has 0 spiro atoms. The molecule has 1 fully saturated rings. The van der Waals surface area contributed by atoms with Crippen molar-refractivity contribution in [1.82, 2.24) is 10.6 Å². The van der Waals surface area contributed by atoms with Crippen molar-refractivity contribution in [3.8, 4) is 0 Å². The van der Waals surface area contributed by atoms with Gasteiger partial charge in [-0.2, -0.15) is 0 Å². The summed E-state index contributed by atoms with van der Waals surface area (Å²) in [6, 6.07) is 7.39. The molecule has 0 heterocycles. The molecule has 108 valence electrons. The van der Waals surface area contributed by atoms with Gasteiger partial charge in [-0.1, -0.05) is 36.6 Å². The zero-order valence-corrected chi connectivity index (χ0v) is 12.1. The van der Waals surface area contributed by atoms with Crippen LogP contribution in [0.15, 0.2) is 24.3 Å². The van der Waals surface area contributed by atoms with Gasteiger partial charge in [0.2, 0.25) is 11.8 Å². The average molecular weight is 295 g/mol. The van der Waals surface area contributed by atoms with E-state index in [1.165, 1.54) is 12.8 Å². The molecule has 0 atom stereocenters. The second-order valence-electron chi connectivity index (χ2n) is 5.13. The second kappa shape index (κ2) is 7.29. The average Bonchev–Trinajstić information content (AvgIpc) is 2.92. The molecule has 1 aromatic rings. The van der Waals surface area contributed by atoms with Crippen molar-refractivity contribution in [1.29, 1.82) is 0 Å². The van der Waals surface area contributed by atoms with E-state index in [1.807, 2.05) is 0 Å². The summed E-state index contributed by atoms with van der Waals surface area (Å²) in [6.07, 6.45) is 4.70. The number of carbonyl (C=O) groups excluding carboxylic acids is 2. The van der Waals surface area contributed by atoms with E-state index in [0.717, 1.165) is 18.4 Å². The van der Waals surface area contributed by atoms with Gasteiger partial charge in [0, 0.05) is 11.1 Å². The predicted molar refractivity (Wildman–Crippen MR) is 78.6 cm³/mol. The lowest BCUT2D eigenvalue weighted by Crippen LogP contribution is -2.41. The Labute approximate surface area is 123 Å². The standard InChI is InChI=1S/C15H19ClN2O2/c16-12-7-5-11(6-8-12)9-14(19)17-10-15(20)18-13-3-1-2-4-13/h5-8,13H,1-4,9-10H2,(H,17,19)(H,18,20). The largest absolute Gasteiger partial charge is 0.352 e. The highest BCUT2D eigenvalue weighted by Crippen LogP contribution is 2.17. The van der Waals surface area contributed by atoms with Gasteiger partial charge >= 0.3 is 0 Å². The lowest BCUT2D eigenvalue weighted by Gasteiger charge is -2.12. The van der Waals surface area contributed by atoms with Crippen molar-refractivity contribution in [2.75, 3.05) is 6.54 Å². The van der Waals surface area contributed by atoms with E-state index in [-0.39, 0.29) is 30.8 Å². The molecule has 0 aromatic heterocycles. The monoisotopic (exact) mass is 294 g/mol. The summed E-state index contributed by atoms with van der Waals surface area (Å²) < 4.78 is 0. The minimum atomic E-state index is -0.158. The molecular formula is C15H19ClN2O2. The van der Waals surface area contributed by atoms with E-state index in [1.54, 1.807) is 24.3 Å². The van der Waals surface area contributed by atoms with Gasteiger partial charge in [-0.05, 0) is 30.5 Å². The summed E-state index contributed by atoms with van der Waals surface area (Å²) in [4.78, 5) is 23.4. The number of halogens is 1. The molecule has 4 nitrogen and oxygen atoms in total. The summed E-state index contributed by atoms with van der Waals surface area (Å²) >= 11 is 5.78. The van der Waals surface area contributed by atoms with Gasteiger partial charge in [0.1, 0.15) is 0 Å². The van der Waals surface area contributed by atoms with Gasteiger partial charge < -0.3 is 10.6 Å². The van der Waals surface area contributed by atoms with Crippen molar-refractivity contribution >= 4 is 23.4 Å². The van der Waals surface area contributed by atoms with Gasteiger partial charge in [0.15, 0.2) is 0 Å². The van der Waals surface area contributed by atoms with Crippen LogP contribution in [0.25, 0.3) is 0 Å². The fourth-order valence-electron chi connectivity index (χ4n) is 2.38. The van der Waals surface area contributed by atoms with Gasteiger partial charge in [-0.3, -0.25) is 9.59 Å². The lowest BCUT2D eigenvalue weighted by atomic mass is 10.1. The number of rotatable bonds is 5. The normalized spacial score (nSPS) is 15.1. The SMILES string of the molecule is O=C(Cc1ccc(Cl)cc1)NCC(=O)NC1CCCC1. The first-order chi connectivity index (χ1) is 9.63. The Kier molecular flexibility index (Phi) is 5.41. The molecule has 2 rings (SSSR count). The molecule has 1 aliphatic rings. The summed E-state index contributed by atoms with van der Waals surface area (Å²) in [5.41, 5.74) is 0.878. The van der Waals surface area contributed by atoms with Gasteiger partial charge in [0.05, 0.1) is 13.0 Å². The maximum Gasteiger partial charge on any atom is 0.239 e. The fraction of sp³-hybridized carbons (Fsp3) is 0.467. The van der Waals surface area contributed by atoms with E-state index in [2.05, 4.69) is 10.6 Å². The summed E-state index contributed by atoms with van der Waals surface area (Å²) in [6.45, 7) is 0.0446. The molecule has 0 unspecified atom stereocenters. The summed E-state index contributed by atoms with van der Waals surface area (Å²) in [5.74, 6) is -0.268.